The first kappa shape index (κ1) is 23.2. The lowest BCUT2D eigenvalue weighted by molar-refractivity contribution is -0.144. The standard InChI is InChI=1S/C27H20F3NO3S/c1-34-26(33)22-15-35-25-24(17-9-11-20(12-10-17)27(28,29)30)19(14-23(32)31(22)25)13-18-7-4-6-16-5-2-3-8-21(16)18/h2-12,14,22H,13,15H2,1H3. The van der Waals surface area contributed by atoms with Gasteiger partial charge in [-0.05, 0) is 46.0 Å². The number of benzene rings is 3. The number of halogens is 3. The summed E-state index contributed by atoms with van der Waals surface area (Å²) in [5.74, 6) is -0.216. The number of pyridine rings is 1. The maximum atomic E-state index is 13.2. The molecule has 0 spiro atoms. The van der Waals surface area contributed by atoms with Gasteiger partial charge in [0.1, 0.15) is 6.04 Å². The smallest absolute Gasteiger partial charge is 0.416 e. The Bertz CT molecular complexity index is 1490. The number of hydrogen-bond acceptors (Lipinski definition) is 4. The van der Waals surface area contributed by atoms with Crippen LogP contribution in [0.15, 0.2) is 82.6 Å². The molecule has 1 aliphatic rings. The fourth-order valence-corrected chi connectivity index (χ4v) is 5.90. The highest BCUT2D eigenvalue weighted by atomic mass is 32.2. The number of alkyl halides is 3. The minimum atomic E-state index is -4.45. The van der Waals surface area contributed by atoms with Gasteiger partial charge >= 0.3 is 12.1 Å². The van der Waals surface area contributed by atoms with Gasteiger partial charge in [-0.15, -0.1) is 11.8 Å². The molecule has 3 aromatic carbocycles. The molecule has 4 nitrogen and oxygen atoms in total. The fraction of sp³-hybridized carbons (Fsp3) is 0.185. The van der Waals surface area contributed by atoms with E-state index in [0.717, 1.165) is 28.5 Å². The lowest BCUT2D eigenvalue weighted by atomic mass is 9.93. The van der Waals surface area contributed by atoms with E-state index in [9.17, 15) is 22.8 Å². The van der Waals surface area contributed by atoms with Crippen molar-refractivity contribution in [3.05, 3.63) is 99.8 Å². The normalized spacial score (nSPS) is 15.3. The van der Waals surface area contributed by atoms with Crippen LogP contribution < -0.4 is 5.56 Å². The summed E-state index contributed by atoms with van der Waals surface area (Å²) in [4.78, 5) is 25.5. The fourth-order valence-electron chi connectivity index (χ4n) is 4.55. The van der Waals surface area contributed by atoms with Crippen molar-refractivity contribution in [3.63, 3.8) is 0 Å². The van der Waals surface area contributed by atoms with Gasteiger partial charge in [-0.25, -0.2) is 4.79 Å². The van der Waals surface area contributed by atoms with Crippen LogP contribution in [0.4, 0.5) is 13.2 Å². The summed E-state index contributed by atoms with van der Waals surface area (Å²) in [5.41, 5.74) is 1.80. The predicted octanol–water partition coefficient (Wildman–Crippen LogP) is 6.10. The quantitative estimate of drug-likeness (QED) is 0.321. The van der Waals surface area contributed by atoms with E-state index in [2.05, 4.69) is 0 Å². The molecule has 2 heterocycles. The molecule has 0 amide bonds. The van der Waals surface area contributed by atoms with E-state index in [4.69, 9.17) is 4.74 Å². The van der Waals surface area contributed by atoms with Crippen LogP contribution in [0.3, 0.4) is 0 Å². The molecule has 0 aliphatic carbocycles. The zero-order valence-electron chi connectivity index (χ0n) is 18.6. The molecule has 35 heavy (non-hydrogen) atoms. The van der Waals surface area contributed by atoms with Gasteiger partial charge in [0, 0.05) is 17.4 Å². The number of esters is 1. The Morgan fingerprint density at radius 2 is 1.74 bits per heavy atom. The summed E-state index contributed by atoms with van der Waals surface area (Å²) >= 11 is 1.33. The highest BCUT2D eigenvalue weighted by Gasteiger charge is 2.35. The SMILES string of the molecule is COC(=O)C1CSc2c(-c3ccc(C(F)(F)F)cc3)c(Cc3cccc4ccccc34)cc(=O)n21. The Hall–Kier alpha value is -3.52. The number of thioether (sulfide) groups is 1. The second kappa shape index (κ2) is 8.92. The average Bonchev–Trinajstić information content (AvgIpc) is 3.29. The molecule has 0 bridgehead atoms. The molecule has 1 unspecified atom stereocenters. The molecular formula is C27H20F3NO3S. The van der Waals surface area contributed by atoms with Crippen LogP contribution in [0.1, 0.15) is 22.7 Å². The first-order valence-electron chi connectivity index (χ1n) is 10.9. The van der Waals surface area contributed by atoms with Crippen LogP contribution in [-0.4, -0.2) is 23.4 Å². The van der Waals surface area contributed by atoms with Gasteiger partial charge in [0.25, 0.3) is 5.56 Å². The van der Waals surface area contributed by atoms with Gasteiger partial charge < -0.3 is 4.74 Å². The lowest BCUT2D eigenvalue weighted by Gasteiger charge is -2.18. The third-order valence-corrected chi connectivity index (χ3v) is 7.37. The topological polar surface area (TPSA) is 48.3 Å². The average molecular weight is 496 g/mol. The number of carbonyl (C=O) groups excluding carboxylic acids is 1. The Labute approximate surface area is 203 Å². The monoisotopic (exact) mass is 495 g/mol. The van der Waals surface area contributed by atoms with Crippen LogP contribution in [0, 0.1) is 0 Å². The van der Waals surface area contributed by atoms with Gasteiger partial charge in [-0.1, -0.05) is 54.6 Å². The third-order valence-electron chi connectivity index (χ3n) is 6.21. The molecule has 4 aromatic rings. The number of aromatic nitrogens is 1. The van der Waals surface area contributed by atoms with Gasteiger partial charge in [-0.3, -0.25) is 9.36 Å². The summed E-state index contributed by atoms with van der Waals surface area (Å²) in [6.07, 6.45) is -4.05. The zero-order valence-corrected chi connectivity index (χ0v) is 19.5. The molecule has 178 valence electrons. The van der Waals surface area contributed by atoms with E-state index in [-0.39, 0.29) is 5.56 Å². The predicted molar refractivity (Wildman–Crippen MR) is 130 cm³/mol. The molecule has 0 saturated heterocycles. The Morgan fingerprint density at radius 3 is 2.46 bits per heavy atom. The Morgan fingerprint density at radius 1 is 1.03 bits per heavy atom. The van der Waals surface area contributed by atoms with Crippen molar-refractivity contribution in [3.8, 4) is 11.1 Å². The van der Waals surface area contributed by atoms with Crippen molar-refractivity contribution in [2.45, 2.75) is 23.7 Å². The summed E-state index contributed by atoms with van der Waals surface area (Å²) in [6, 6.07) is 19.4. The second-order valence-electron chi connectivity index (χ2n) is 8.30. The van der Waals surface area contributed by atoms with Gasteiger partial charge in [-0.2, -0.15) is 13.2 Å². The number of carbonyl (C=O) groups is 1. The number of nitrogens with zero attached hydrogens (tertiary/aromatic N) is 1. The highest BCUT2D eigenvalue weighted by molar-refractivity contribution is 7.99. The van der Waals surface area contributed by atoms with Crippen molar-refractivity contribution in [1.82, 2.24) is 4.57 Å². The Balaban J connectivity index is 1.71. The molecule has 0 radical (unpaired) electrons. The van der Waals surface area contributed by atoms with E-state index in [0.29, 0.717) is 33.9 Å². The zero-order chi connectivity index (χ0) is 24.7. The number of fused-ring (bicyclic) bond motifs is 2. The third kappa shape index (κ3) is 4.23. The Kier molecular flexibility index (Phi) is 5.92. The molecule has 0 N–H and O–H groups in total. The van der Waals surface area contributed by atoms with Crippen molar-refractivity contribution in [2.75, 3.05) is 12.9 Å². The molecule has 0 saturated carbocycles. The van der Waals surface area contributed by atoms with Crippen LogP contribution in [0.25, 0.3) is 21.9 Å². The first-order chi connectivity index (χ1) is 16.8. The molecular weight excluding hydrogens is 475 g/mol. The molecule has 8 heteroatoms. The maximum Gasteiger partial charge on any atom is 0.416 e. The molecule has 0 fully saturated rings. The number of methoxy groups -OCH3 is 1. The summed E-state index contributed by atoms with van der Waals surface area (Å²) in [6.45, 7) is 0. The van der Waals surface area contributed by atoms with Crippen molar-refractivity contribution in [2.24, 2.45) is 0 Å². The van der Waals surface area contributed by atoms with E-state index in [1.807, 2.05) is 42.5 Å². The van der Waals surface area contributed by atoms with Crippen molar-refractivity contribution < 1.29 is 22.7 Å². The van der Waals surface area contributed by atoms with E-state index < -0.39 is 23.8 Å². The maximum absolute atomic E-state index is 13.2. The molecule has 1 aromatic heterocycles. The van der Waals surface area contributed by atoms with Gasteiger partial charge in [0.05, 0.1) is 17.7 Å². The van der Waals surface area contributed by atoms with Crippen LogP contribution in [-0.2, 0) is 22.1 Å². The summed E-state index contributed by atoms with van der Waals surface area (Å²) in [7, 11) is 1.27. The van der Waals surface area contributed by atoms with Crippen molar-refractivity contribution >= 4 is 28.5 Å². The molecule has 1 atom stereocenters. The summed E-state index contributed by atoms with van der Waals surface area (Å²) < 4.78 is 45.8. The van der Waals surface area contributed by atoms with E-state index >= 15 is 0 Å². The minimum absolute atomic E-state index is 0.313. The number of rotatable bonds is 4. The minimum Gasteiger partial charge on any atom is -0.467 e. The highest BCUT2D eigenvalue weighted by Crippen LogP contribution is 2.42. The van der Waals surface area contributed by atoms with E-state index in [1.54, 1.807) is 0 Å². The second-order valence-corrected chi connectivity index (χ2v) is 9.31. The molecule has 1 aliphatic heterocycles. The first-order valence-corrected chi connectivity index (χ1v) is 11.9. The van der Waals surface area contributed by atoms with Crippen molar-refractivity contribution in [1.29, 1.82) is 0 Å². The van der Waals surface area contributed by atoms with Gasteiger partial charge in [0.2, 0.25) is 0 Å². The summed E-state index contributed by atoms with van der Waals surface area (Å²) in [5, 5.41) is 2.65. The van der Waals surface area contributed by atoms with E-state index in [1.165, 1.54) is 41.6 Å². The number of ether oxygens (including phenoxy) is 1. The van der Waals surface area contributed by atoms with Crippen LogP contribution >= 0.6 is 11.8 Å². The lowest BCUT2D eigenvalue weighted by Crippen LogP contribution is -2.30. The largest absolute Gasteiger partial charge is 0.467 e. The van der Waals surface area contributed by atoms with Gasteiger partial charge in [0.15, 0.2) is 0 Å². The number of hydrogen-bond donors (Lipinski definition) is 0. The van der Waals surface area contributed by atoms with Crippen LogP contribution in [0.5, 0.6) is 0 Å². The molecule has 5 rings (SSSR count). The van der Waals surface area contributed by atoms with Crippen LogP contribution in [0.2, 0.25) is 0 Å².